The molecule has 0 aromatic carbocycles. The lowest BCUT2D eigenvalue weighted by molar-refractivity contribution is -0.0598. The fourth-order valence-electron chi connectivity index (χ4n) is 12.1. The van der Waals surface area contributed by atoms with Crippen LogP contribution in [-0.4, -0.2) is 0 Å². The minimum atomic E-state index is 0.935. The molecule has 0 heterocycles. The summed E-state index contributed by atoms with van der Waals surface area (Å²) in [6, 6.07) is 0. The lowest BCUT2D eigenvalue weighted by Crippen LogP contribution is -2.47. The lowest BCUT2D eigenvalue weighted by Gasteiger charge is -2.55. The zero-order valence-electron chi connectivity index (χ0n) is 26.3. The molecule has 0 heteroatoms. The van der Waals surface area contributed by atoms with Crippen LogP contribution in [0.1, 0.15) is 145 Å². The van der Waals surface area contributed by atoms with E-state index in [1.807, 2.05) is 0 Å². The smallest absolute Gasteiger partial charge is 0.0354 e. The predicted octanol–water partition coefficient (Wildman–Crippen LogP) is 11.3. The third-order valence-electron chi connectivity index (χ3n) is 14.3. The molecule has 0 aromatic rings. The lowest BCUT2D eigenvalue weighted by atomic mass is 9.50. The average molecular weight is 511 g/mol. The van der Waals surface area contributed by atoms with Crippen LogP contribution in [-0.2, 0) is 0 Å². The minimum Gasteiger partial charge on any atom is -0.0654 e. The van der Waals surface area contributed by atoms with Crippen LogP contribution in [0.2, 0.25) is 0 Å². The third kappa shape index (κ3) is 6.34. The first-order valence-corrected chi connectivity index (χ1v) is 17.7. The van der Waals surface area contributed by atoms with E-state index in [0.717, 1.165) is 88.8 Å². The van der Waals surface area contributed by atoms with Crippen molar-refractivity contribution < 1.29 is 0 Å². The maximum absolute atomic E-state index is 2.73. The van der Waals surface area contributed by atoms with E-state index in [0.29, 0.717) is 0 Å². The Bertz CT molecular complexity index is 695. The van der Waals surface area contributed by atoms with Gasteiger partial charge in [0.25, 0.3) is 0 Å². The van der Waals surface area contributed by atoms with Gasteiger partial charge in [-0.05, 0) is 153 Å². The summed E-state index contributed by atoms with van der Waals surface area (Å²) in [6.07, 6.45) is 23.2. The van der Waals surface area contributed by atoms with Crippen LogP contribution < -0.4 is 0 Å². The normalized spacial score (nSPS) is 52.8. The van der Waals surface area contributed by atoms with Gasteiger partial charge in [0.1, 0.15) is 0 Å². The Morgan fingerprint density at radius 2 is 1.11 bits per heavy atom. The van der Waals surface area contributed by atoms with Gasteiger partial charge in [0.05, 0.1) is 0 Å². The molecule has 5 saturated carbocycles. The van der Waals surface area contributed by atoms with Gasteiger partial charge in [-0.1, -0.05) is 80.6 Å². The summed E-state index contributed by atoms with van der Waals surface area (Å²) >= 11 is 0. The Balaban J connectivity index is 1.19. The molecule has 5 fully saturated rings. The van der Waals surface area contributed by atoms with Crippen molar-refractivity contribution in [2.45, 2.75) is 145 Å². The van der Waals surface area contributed by atoms with Crippen molar-refractivity contribution in [2.75, 3.05) is 0 Å². The van der Waals surface area contributed by atoms with Crippen molar-refractivity contribution in [1.29, 1.82) is 0 Å². The topological polar surface area (TPSA) is 0 Å². The first kappa shape index (κ1) is 28.5. The summed E-state index contributed by atoms with van der Waals surface area (Å²) < 4.78 is 0. The van der Waals surface area contributed by atoms with Gasteiger partial charge in [0.15, 0.2) is 0 Å². The monoisotopic (exact) mass is 511 g/mol. The summed E-state index contributed by atoms with van der Waals surface area (Å²) in [4.78, 5) is 0. The second-order valence-electron chi connectivity index (χ2n) is 16.7. The van der Waals surface area contributed by atoms with Crippen molar-refractivity contribution in [1.82, 2.24) is 0 Å². The molecule has 13 unspecified atom stereocenters. The van der Waals surface area contributed by atoms with E-state index >= 15 is 0 Å². The van der Waals surface area contributed by atoms with Crippen LogP contribution >= 0.6 is 0 Å². The number of fused-ring (bicyclic) bond motifs is 2. The van der Waals surface area contributed by atoms with Gasteiger partial charge < -0.3 is 0 Å². The molecule has 0 N–H and O–H groups in total. The average Bonchev–Trinajstić information content (AvgIpc) is 2.85. The van der Waals surface area contributed by atoms with Crippen molar-refractivity contribution in [3.63, 3.8) is 0 Å². The molecule has 0 amide bonds. The first-order chi connectivity index (χ1) is 17.7. The highest BCUT2D eigenvalue weighted by Gasteiger charge is 2.49. The Labute approximate surface area is 233 Å². The van der Waals surface area contributed by atoms with Crippen molar-refractivity contribution >= 4 is 0 Å². The van der Waals surface area contributed by atoms with E-state index < -0.39 is 0 Å². The number of hydrogen-bond donors (Lipinski definition) is 0. The van der Waals surface area contributed by atoms with Crippen LogP contribution in [0.25, 0.3) is 0 Å². The summed E-state index contributed by atoms with van der Waals surface area (Å²) in [5, 5.41) is 0. The highest BCUT2D eigenvalue weighted by atomic mass is 14.5. The summed E-state index contributed by atoms with van der Waals surface area (Å²) in [5.41, 5.74) is 0. The Kier molecular flexibility index (Phi) is 9.44. The molecular weight excluding hydrogens is 444 g/mol. The SMILES string of the molecule is CCCC1CCCC(CC2CC(C)C3CC4CC(C)C(CC5CC(C)C(C)C(C)C5)C(C)C4CC3C2)C1. The molecule has 0 aliphatic heterocycles. The third-order valence-corrected chi connectivity index (χ3v) is 14.3. The van der Waals surface area contributed by atoms with E-state index in [2.05, 4.69) is 48.5 Å². The molecule has 13 atom stereocenters. The van der Waals surface area contributed by atoms with Crippen LogP contribution in [0.3, 0.4) is 0 Å². The van der Waals surface area contributed by atoms with Crippen LogP contribution in [0.4, 0.5) is 0 Å². The summed E-state index contributed by atoms with van der Waals surface area (Å²) in [6.45, 7) is 18.1. The maximum Gasteiger partial charge on any atom is -0.0354 e. The highest BCUT2D eigenvalue weighted by molar-refractivity contribution is 4.99. The molecule has 5 aliphatic rings. The molecule has 37 heavy (non-hydrogen) atoms. The highest BCUT2D eigenvalue weighted by Crippen LogP contribution is 2.58. The molecule has 0 aromatic heterocycles. The molecular formula is C37H66. The second-order valence-corrected chi connectivity index (χ2v) is 16.7. The Hall–Kier alpha value is 0. The predicted molar refractivity (Wildman–Crippen MR) is 161 cm³/mol. The van der Waals surface area contributed by atoms with Crippen molar-refractivity contribution in [3.05, 3.63) is 0 Å². The van der Waals surface area contributed by atoms with Gasteiger partial charge >= 0.3 is 0 Å². The molecule has 5 rings (SSSR count). The quantitative estimate of drug-likeness (QED) is 0.333. The second kappa shape index (κ2) is 12.2. The fourth-order valence-corrected chi connectivity index (χ4v) is 12.1. The molecule has 0 nitrogen and oxygen atoms in total. The Morgan fingerprint density at radius 1 is 0.486 bits per heavy atom. The summed E-state index contributed by atoms with van der Waals surface area (Å²) in [7, 11) is 0. The van der Waals surface area contributed by atoms with Gasteiger partial charge in [-0.15, -0.1) is 0 Å². The van der Waals surface area contributed by atoms with E-state index in [-0.39, 0.29) is 0 Å². The van der Waals surface area contributed by atoms with Gasteiger partial charge in [0, 0.05) is 0 Å². The minimum absolute atomic E-state index is 0.935. The van der Waals surface area contributed by atoms with Gasteiger partial charge in [-0.2, -0.15) is 0 Å². The van der Waals surface area contributed by atoms with E-state index in [1.165, 1.54) is 38.5 Å². The summed E-state index contributed by atoms with van der Waals surface area (Å²) in [5.74, 6) is 15.2. The molecule has 0 radical (unpaired) electrons. The van der Waals surface area contributed by atoms with Gasteiger partial charge in [0.2, 0.25) is 0 Å². The van der Waals surface area contributed by atoms with E-state index in [1.54, 1.807) is 57.8 Å². The van der Waals surface area contributed by atoms with Crippen LogP contribution in [0.5, 0.6) is 0 Å². The fraction of sp³-hybridized carbons (Fsp3) is 1.00. The number of rotatable bonds is 6. The zero-order valence-corrected chi connectivity index (χ0v) is 26.3. The zero-order chi connectivity index (χ0) is 26.3. The standard InChI is InChI=1S/C37H66/c1-8-10-29-11-9-12-30(17-29)18-32-15-25(4)36-21-33-16-26(5)35(28(7)37(33)22-34(36)19-32)20-31-13-23(2)27(6)24(3)14-31/h23-37H,8-22H2,1-7H3. The first-order valence-electron chi connectivity index (χ1n) is 17.7. The van der Waals surface area contributed by atoms with E-state index in [4.69, 9.17) is 0 Å². The van der Waals surface area contributed by atoms with E-state index in [9.17, 15) is 0 Å². The Morgan fingerprint density at radius 3 is 1.84 bits per heavy atom. The van der Waals surface area contributed by atoms with Crippen molar-refractivity contribution in [2.24, 2.45) is 88.8 Å². The van der Waals surface area contributed by atoms with Crippen molar-refractivity contribution in [3.8, 4) is 0 Å². The van der Waals surface area contributed by atoms with Gasteiger partial charge in [-0.3, -0.25) is 0 Å². The molecule has 214 valence electrons. The molecule has 5 aliphatic carbocycles. The number of hydrogen-bond acceptors (Lipinski definition) is 0. The molecule has 0 saturated heterocycles. The maximum atomic E-state index is 2.73. The largest absolute Gasteiger partial charge is 0.0654 e. The van der Waals surface area contributed by atoms with Gasteiger partial charge in [-0.25, -0.2) is 0 Å². The molecule has 0 spiro atoms. The van der Waals surface area contributed by atoms with Crippen LogP contribution in [0, 0.1) is 88.8 Å². The van der Waals surface area contributed by atoms with Crippen LogP contribution in [0.15, 0.2) is 0 Å². The molecule has 0 bridgehead atoms.